The molecule has 0 unspecified atom stereocenters. The first-order valence-electron chi connectivity index (χ1n) is 11.5. The van der Waals surface area contributed by atoms with Crippen molar-refractivity contribution < 1.29 is 26.7 Å². The van der Waals surface area contributed by atoms with Crippen molar-refractivity contribution in [2.75, 3.05) is 0 Å². The molecule has 5 rings (SSSR count). The Bertz CT molecular complexity index is 1180. The summed E-state index contributed by atoms with van der Waals surface area (Å²) in [6.45, 7) is 2.15. The average Bonchev–Trinajstić information content (AvgIpc) is 3.08. The van der Waals surface area contributed by atoms with Crippen LogP contribution in [-0.4, -0.2) is 19.6 Å². The monoisotopic (exact) mass is 479 g/mol. The highest BCUT2D eigenvalue weighted by molar-refractivity contribution is 7.89. The molecule has 0 aliphatic heterocycles. The van der Waals surface area contributed by atoms with Crippen LogP contribution in [0.3, 0.4) is 0 Å². The van der Waals surface area contributed by atoms with E-state index >= 15 is 0 Å². The van der Waals surface area contributed by atoms with Crippen LogP contribution in [0.25, 0.3) is 0 Å². The molecule has 33 heavy (non-hydrogen) atoms. The van der Waals surface area contributed by atoms with Crippen molar-refractivity contribution in [3.63, 3.8) is 0 Å². The summed E-state index contributed by atoms with van der Waals surface area (Å²) in [5.41, 5.74) is 1.32. The van der Waals surface area contributed by atoms with Crippen molar-refractivity contribution in [2.24, 2.45) is 17.3 Å². The van der Waals surface area contributed by atoms with E-state index < -0.39 is 21.8 Å². The Kier molecular flexibility index (Phi) is 5.32. The molecule has 0 amide bonds. The Morgan fingerprint density at radius 3 is 2.61 bits per heavy atom. The fourth-order valence-electron chi connectivity index (χ4n) is 6.86. The minimum Gasteiger partial charge on any atom is -0.508 e. The first kappa shape index (κ1) is 22.7. The number of alkyl halides is 3. The van der Waals surface area contributed by atoms with Crippen molar-refractivity contribution in [3.8, 4) is 5.75 Å². The smallest absolute Gasteiger partial charge is 0.416 e. The summed E-state index contributed by atoms with van der Waals surface area (Å²) in [6, 6.07) is 9.29. The van der Waals surface area contributed by atoms with Gasteiger partial charge in [-0.1, -0.05) is 19.1 Å². The van der Waals surface area contributed by atoms with Crippen LogP contribution in [0, 0.1) is 17.3 Å². The molecule has 3 aliphatic carbocycles. The second-order valence-electron chi connectivity index (χ2n) is 10.1. The van der Waals surface area contributed by atoms with Gasteiger partial charge in [-0.15, -0.1) is 0 Å². The van der Waals surface area contributed by atoms with E-state index in [0.717, 1.165) is 44.2 Å². The highest BCUT2D eigenvalue weighted by atomic mass is 32.2. The van der Waals surface area contributed by atoms with Gasteiger partial charge in [0.25, 0.3) is 0 Å². The Hall–Kier alpha value is -2.06. The molecule has 2 aromatic rings. The number of hydrogen-bond donors (Lipinski definition) is 2. The number of fused-ring (bicyclic) bond motifs is 5. The van der Waals surface area contributed by atoms with E-state index in [1.807, 2.05) is 12.1 Å². The van der Waals surface area contributed by atoms with Crippen molar-refractivity contribution >= 4 is 10.0 Å². The van der Waals surface area contributed by atoms with Gasteiger partial charge in [0.1, 0.15) is 5.75 Å². The molecule has 5 atom stereocenters. The number of phenolic OH excluding ortho intramolecular Hbond substituents is 1. The number of aryl methyl sites for hydroxylation is 1. The lowest BCUT2D eigenvalue weighted by Crippen LogP contribution is -2.50. The van der Waals surface area contributed by atoms with E-state index in [-0.39, 0.29) is 22.1 Å². The maximum Gasteiger partial charge on any atom is 0.416 e. The van der Waals surface area contributed by atoms with E-state index in [1.54, 1.807) is 6.07 Å². The van der Waals surface area contributed by atoms with Crippen LogP contribution in [0.5, 0.6) is 5.75 Å². The molecule has 178 valence electrons. The molecule has 2 aromatic carbocycles. The first-order chi connectivity index (χ1) is 15.5. The molecule has 2 fully saturated rings. The van der Waals surface area contributed by atoms with E-state index in [9.17, 15) is 26.7 Å². The zero-order valence-corrected chi connectivity index (χ0v) is 19.2. The second-order valence-corrected chi connectivity index (χ2v) is 11.8. The van der Waals surface area contributed by atoms with Gasteiger partial charge in [0, 0.05) is 6.04 Å². The summed E-state index contributed by atoms with van der Waals surface area (Å²) < 4.78 is 68.2. The van der Waals surface area contributed by atoms with Crippen LogP contribution >= 0.6 is 0 Å². The molecule has 3 aliphatic rings. The molecule has 0 radical (unpaired) electrons. The zero-order valence-electron chi connectivity index (χ0n) is 18.4. The van der Waals surface area contributed by atoms with Gasteiger partial charge in [-0.05, 0) is 103 Å². The average molecular weight is 480 g/mol. The van der Waals surface area contributed by atoms with Gasteiger partial charge in [0.15, 0.2) is 0 Å². The number of sulfonamides is 1. The minimum absolute atomic E-state index is 0.232. The molecule has 0 aromatic heterocycles. The highest BCUT2D eigenvalue weighted by Crippen LogP contribution is 2.61. The summed E-state index contributed by atoms with van der Waals surface area (Å²) in [5, 5.41) is 9.85. The molecule has 0 bridgehead atoms. The number of halogens is 3. The number of nitrogens with one attached hydrogen (secondary N) is 1. The predicted molar refractivity (Wildman–Crippen MR) is 118 cm³/mol. The van der Waals surface area contributed by atoms with E-state index in [4.69, 9.17) is 0 Å². The van der Waals surface area contributed by atoms with Crippen molar-refractivity contribution in [1.82, 2.24) is 4.72 Å². The molecule has 0 spiro atoms. The molecule has 8 heteroatoms. The molecular formula is C25H28F3NO3S. The number of rotatable bonds is 3. The van der Waals surface area contributed by atoms with Crippen molar-refractivity contribution in [3.05, 3.63) is 59.2 Å². The normalized spacial score (nSPS) is 31.5. The van der Waals surface area contributed by atoms with Crippen LogP contribution in [0.15, 0.2) is 47.4 Å². The third-order valence-electron chi connectivity index (χ3n) is 8.48. The summed E-state index contributed by atoms with van der Waals surface area (Å²) in [4.78, 5) is -0.343. The van der Waals surface area contributed by atoms with Gasteiger partial charge >= 0.3 is 6.18 Å². The van der Waals surface area contributed by atoms with Crippen LogP contribution in [0.4, 0.5) is 13.2 Å². The Balaban J connectivity index is 1.38. The predicted octanol–water partition coefficient (Wildman–Crippen LogP) is 5.61. The van der Waals surface area contributed by atoms with Crippen LogP contribution in [0.2, 0.25) is 0 Å². The standard InChI is InChI=1S/C25H28F3NO3S/c1-24-12-11-20-19-8-6-17(30)13-15(19)5-7-21(20)22(24)9-10-23(24)29-33(31,32)18-4-2-3-16(14-18)25(26,27)28/h2-4,6,8,13-14,20-23,29-30H,5,7,9-12H2,1H3/t20-,21-,22+,23+,24+/m1/s1. The van der Waals surface area contributed by atoms with Crippen LogP contribution < -0.4 is 4.72 Å². The number of benzene rings is 2. The van der Waals surface area contributed by atoms with E-state index in [2.05, 4.69) is 11.6 Å². The maximum absolute atomic E-state index is 13.1. The van der Waals surface area contributed by atoms with Crippen LogP contribution in [0.1, 0.15) is 61.6 Å². The molecular weight excluding hydrogens is 451 g/mol. The maximum atomic E-state index is 13.1. The van der Waals surface area contributed by atoms with Gasteiger partial charge in [-0.25, -0.2) is 13.1 Å². The lowest BCUT2D eigenvalue weighted by atomic mass is 9.55. The molecule has 2 N–H and O–H groups in total. The molecule has 4 nitrogen and oxygen atoms in total. The van der Waals surface area contributed by atoms with Crippen LogP contribution in [-0.2, 0) is 22.6 Å². The molecule has 2 saturated carbocycles. The Morgan fingerprint density at radius 1 is 1.06 bits per heavy atom. The lowest BCUT2D eigenvalue weighted by Gasteiger charge is -2.51. The third kappa shape index (κ3) is 3.85. The molecule has 0 saturated heterocycles. The first-order valence-corrected chi connectivity index (χ1v) is 13.0. The van der Waals surface area contributed by atoms with E-state index in [0.29, 0.717) is 30.2 Å². The van der Waals surface area contributed by atoms with Crippen molar-refractivity contribution in [1.29, 1.82) is 0 Å². The lowest BCUT2D eigenvalue weighted by molar-refractivity contribution is -0.137. The summed E-state index contributed by atoms with van der Waals surface area (Å²) in [6.07, 6.45) is 0.701. The number of phenols is 1. The zero-order chi connectivity index (χ0) is 23.6. The highest BCUT2D eigenvalue weighted by Gasteiger charge is 2.55. The SMILES string of the molecule is C[C@]12CC[C@@H]3c4ccc(O)cc4CC[C@H]3[C@@H]1CC[C@@H]2NS(=O)(=O)c1cccc(C(F)(F)F)c1. The third-order valence-corrected chi connectivity index (χ3v) is 9.95. The summed E-state index contributed by atoms with van der Waals surface area (Å²) >= 11 is 0. The topological polar surface area (TPSA) is 66.4 Å². The van der Waals surface area contributed by atoms with E-state index in [1.165, 1.54) is 17.2 Å². The number of aromatic hydroxyl groups is 1. The van der Waals surface area contributed by atoms with Gasteiger partial charge < -0.3 is 5.11 Å². The largest absolute Gasteiger partial charge is 0.508 e. The number of hydrogen-bond acceptors (Lipinski definition) is 3. The van der Waals surface area contributed by atoms with Gasteiger partial charge in [0.05, 0.1) is 10.5 Å². The minimum atomic E-state index is -4.59. The fraction of sp³-hybridized carbons (Fsp3) is 0.520. The summed E-state index contributed by atoms with van der Waals surface area (Å²) in [7, 11) is -4.08. The van der Waals surface area contributed by atoms with Gasteiger partial charge in [-0.3, -0.25) is 0 Å². The fourth-order valence-corrected chi connectivity index (χ4v) is 8.29. The Morgan fingerprint density at radius 2 is 1.85 bits per heavy atom. The molecule has 0 heterocycles. The van der Waals surface area contributed by atoms with Gasteiger partial charge in [0.2, 0.25) is 10.0 Å². The quantitative estimate of drug-likeness (QED) is 0.601. The van der Waals surface area contributed by atoms with Crippen molar-refractivity contribution in [2.45, 2.75) is 68.5 Å². The van der Waals surface area contributed by atoms with Gasteiger partial charge in [-0.2, -0.15) is 13.2 Å². The Labute approximate surface area is 192 Å². The second kappa shape index (κ2) is 7.73. The summed E-state index contributed by atoms with van der Waals surface area (Å²) in [5.74, 6) is 1.50.